The van der Waals surface area contributed by atoms with Gasteiger partial charge in [-0.3, -0.25) is 9.10 Å². The van der Waals surface area contributed by atoms with Crippen LogP contribution in [0.4, 0.5) is 5.69 Å². The number of anilines is 1. The van der Waals surface area contributed by atoms with Crippen molar-refractivity contribution >= 4 is 68.1 Å². The number of benzene rings is 2. The summed E-state index contributed by atoms with van der Waals surface area (Å²) in [6, 6.07) is 8.44. The highest BCUT2D eigenvalue weighted by molar-refractivity contribution is 7.93. The maximum Gasteiger partial charge on any atom is 0.327 e. The molecule has 0 radical (unpaired) electrons. The van der Waals surface area contributed by atoms with Crippen molar-refractivity contribution in [1.82, 2.24) is 0 Å². The Morgan fingerprint density at radius 1 is 1.04 bits per heavy atom. The molecule has 0 aliphatic heterocycles. The maximum atomic E-state index is 13.3. The molecule has 5 nitrogen and oxygen atoms in total. The second kappa shape index (κ2) is 8.88. The molecule has 0 saturated carbocycles. The normalized spacial score (nSPS) is 11.5. The van der Waals surface area contributed by atoms with Crippen molar-refractivity contribution < 1.29 is 17.9 Å². The third-order valence-electron chi connectivity index (χ3n) is 3.29. The van der Waals surface area contributed by atoms with Gasteiger partial charge < -0.3 is 4.74 Å². The summed E-state index contributed by atoms with van der Waals surface area (Å²) in [7, 11) is -4.34. The molecule has 0 aliphatic carbocycles. The van der Waals surface area contributed by atoms with Gasteiger partial charge in [-0.05, 0) is 44.2 Å². The summed E-state index contributed by atoms with van der Waals surface area (Å²) in [6.07, 6.45) is -0.432. The lowest BCUT2D eigenvalue weighted by molar-refractivity contribution is -0.145. The SMILES string of the molecule is CC(C)OC(=O)CN(c1c(Cl)cccc1Cl)S(=O)(=O)c1cc(Cl)ccc1Cl. The van der Waals surface area contributed by atoms with Crippen molar-refractivity contribution in [3.8, 4) is 0 Å². The molecule has 0 amide bonds. The van der Waals surface area contributed by atoms with E-state index in [2.05, 4.69) is 0 Å². The van der Waals surface area contributed by atoms with Crippen molar-refractivity contribution in [3.05, 3.63) is 56.5 Å². The van der Waals surface area contributed by atoms with E-state index < -0.39 is 28.6 Å². The number of carbonyl (C=O) groups is 1. The van der Waals surface area contributed by atoms with Gasteiger partial charge in [-0.2, -0.15) is 0 Å². The molecule has 0 atom stereocenters. The van der Waals surface area contributed by atoms with Crippen LogP contribution >= 0.6 is 46.4 Å². The number of rotatable bonds is 6. The molecule has 2 aromatic rings. The number of ether oxygens (including phenoxy) is 1. The van der Waals surface area contributed by atoms with Crippen LogP contribution in [0.15, 0.2) is 41.3 Å². The number of nitrogens with zero attached hydrogens (tertiary/aromatic N) is 1. The average Bonchev–Trinajstić information content (AvgIpc) is 2.55. The fraction of sp³-hybridized carbons (Fsp3) is 0.235. The molecule has 0 saturated heterocycles. The van der Waals surface area contributed by atoms with Crippen LogP contribution in [-0.2, 0) is 19.6 Å². The first kappa shape index (κ1) is 22.1. The van der Waals surface area contributed by atoms with E-state index in [0.717, 1.165) is 4.31 Å². The standard InChI is InChI=1S/C17H15Cl4NO4S/c1-10(2)26-16(23)9-22(17-13(20)4-3-5-14(17)21)27(24,25)15-8-11(18)6-7-12(15)19/h3-8,10H,9H2,1-2H3. The van der Waals surface area contributed by atoms with Gasteiger partial charge in [0.15, 0.2) is 0 Å². The first-order valence-corrected chi connectivity index (χ1v) is 10.6. The Kier molecular flexibility index (Phi) is 7.27. The zero-order valence-corrected chi connectivity index (χ0v) is 18.1. The lowest BCUT2D eigenvalue weighted by atomic mass is 10.3. The minimum absolute atomic E-state index is 0.0431. The molecular weight excluding hydrogens is 456 g/mol. The van der Waals surface area contributed by atoms with E-state index in [-0.39, 0.29) is 30.7 Å². The van der Waals surface area contributed by atoms with Crippen LogP contribution in [0.3, 0.4) is 0 Å². The molecule has 0 N–H and O–H groups in total. The van der Waals surface area contributed by atoms with Gasteiger partial charge in [-0.1, -0.05) is 52.5 Å². The molecule has 2 aromatic carbocycles. The topological polar surface area (TPSA) is 63.7 Å². The largest absolute Gasteiger partial charge is 0.462 e. The van der Waals surface area contributed by atoms with Gasteiger partial charge in [0.25, 0.3) is 10.0 Å². The van der Waals surface area contributed by atoms with Crippen LogP contribution in [0.2, 0.25) is 20.1 Å². The molecule has 2 rings (SSSR count). The summed E-state index contributed by atoms with van der Waals surface area (Å²) in [5, 5.41) is 0.181. The van der Waals surface area contributed by atoms with Gasteiger partial charge in [0.1, 0.15) is 11.4 Å². The average molecular weight is 471 g/mol. The molecule has 0 fully saturated rings. The zero-order chi connectivity index (χ0) is 20.4. The molecule has 0 bridgehead atoms. The Bertz CT molecular complexity index is 943. The Labute approximate surface area is 177 Å². The lowest BCUT2D eigenvalue weighted by Gasteiger charge is -2.26. The fourth-order valence-corrected chi connectivity index (χ4v) is 5.11. The van der Waals surface area contributed by atoms with E-state index in [1.165, 1.54) is 30.3 Å². The quantitative estimate of drug-likeness (QED) is 0.526. The zero-order valence-electron chi connectivity index (χ0n) is 14.2. The van der Waals surface area contributed by atoms with E-state index >= 15 is 0 Å². The first-order chi connectivity index (χ1) is 12.5. The highest BCUT2D eigenvalue weighted by atomic mass is 35.5. The van der Waals surface area contributed by atoms with Crippen LogP contribution in [0.5, 0.6) is 0 Å². The second-order valence-electron chi connectivity index (χ2n) is 5.70. The number of sulfonamides is 1. The van der Waals surface area contributed by atoms with Gasteiger partial charge in [0.2, 0.25) is 0 Å². The number of halogens is 4. The van der Waals surface area contributed by atoms with Crippen LogP contribution in [0.25, 0.3) is 0 Å². The van der Waals surface area contributed by atoms with Gasteiger partial charge in [0, 0.05) is 5.02 Å². The Hall–Kier alpha value is -1.18. The molecule has 0 aliphatic rings. The Morgan fingerprint density at radius 2 is 1.63 bits per heavy atom. The van der Waals surface area contributed by atoms with Gasteiger partial charge in [-0.15, -0.1) is 0 Å². The molecule has 0 heterocycles. The van der Waals surface area contributed by atoms with Crippen molar-refractivity contribution in [2.24, 2.45) is 0 Å². The molecule has 0 aromatic heterocycles. The summed E-state index contributed by atoms with van der Waals surface area (Å²) >= 11 is 24.3. The molecule has 146 valence electrons. The molecule has 27 heavy (non-hydrogen) atoms. The number of carbonyl (C=O) groups excluding carboxylic acids is 1. The van der Waals surface area contributed by atoms with Gasteiger partial charge in [-0.25, -0.2) is 8.42 Å². The second-order valence-corrected chi connectivity index (χ2v) is 9.18. The number of hydrogen-bond donors (Lipinski definition) is 0. The molecule has 0 spiro atoms. The lowest BCUT2D eigenvalue weighted by Crippen LogP contribution is -2.37. The molecular formula is C17H15Cl4NO4S. The van der Waals surface area contributed by atoms with E-state index in [1.54, 1.807) is 19.9 Å². The van der Waals surface area contributed by atoms with Crippen LogP contribution in [0.1, 0.15) is 13.8 Å². The number of esters is 1. The van der Waals surface area contributed by atoms with E-state index in [0.29, 0.717) is 0 Å². The summed E-state index contributed by atoms with van der Waals surface area (Å²) < 4.78 is 32.4. The predicted octanol–water partition coefficient (Wildman–Crippen LogP) is 5.45. The Balaban J connectivity index is 2.65. The van der Waals surface area contributed by atoms with Crippen LogP contribution < -0.4 is 4.31 Å². The highest BCUT2D eigenvalue weighted by Crippen LogP contribution is 2.38. The van der Waals surface area contributed by atoms with E-state index in [1.807, 2.05) is 0 Å². The summed E-state index contributed by atoms with van der Waals surface area (Å²) in [5.74, 6) is -0.775. The summed E-state index contributed by atoms with van der Waals surface area (Å²) in [6.45, 7) is 2.65. The number of para-hydroxylation sites is 1. The van der Waals surface area contributed by atoms with Gasteiger partial charge >= 0.3 is 5.97 Å². The summed E-state index contributed by atoms with van der Waals surface area (Å²) in [4.78, 5) is 11.9. The minimum Gasteiger partial charge on any atom is -0.462 e. The fourth-order valence-electron chi connectivity index (χ4n) is 2.22. The minimum atomic E-state index is -4.34. The third kappa shape index (κ3) is 5.21. The van der Waals surface area contributed by atoms with Crippen molar-refractivity contribution in [2.75, 3.05) is 10.8 Å². The van der Waals surface area contributed by atoms with Crippen LogP contribution in [-0.4, -0.2) is 27.0 Å². The maximum absolute atomic E-state index is 13.3. The van der Waals surface area contributed by atoms with Crippen molar-refractivity contribution in [2.45, 2.75) is 24.8 Å². The smallest absolute Gasteiger partial charge is 0.327 e. The third-order valence-corrected chi connectivity index (χ3v) is 6.36. The van der Waals surface area contributed by atoms with Crippen molar-refractivity contribution in [1.29, 1.82) is 0 Å². The van der Waals surface area contributed by atoms with Crippen molar-refractivity contribution in [3.63, 3.8) is 0 Å². The Morgan fingerprint density at radius 3 is 2.19 bits per heavy atom. The molecule has 0 unspecified atom stereocenters. The first-order valence-electron chi connectivity index (χ1n) is 7.65. The molecule has 10 heteroatoms. The monoisotopic (exact) mass is 469 g/mol. The van der Waals surface area contributed by atoms with E-state index in [9.17, 15) is 13.2 Å². The van der Waals surface area contributed by atoms with Crippen LogP contribution in [0, 0.1) is 0 Å². The van der Waals surface area contributed by atoms with E-state index in [4.69, 9.17) is 51.1 Å². The highest BCUT2D eigenvalue weighted by Gasteiger charge is 2.32. The predicted molar refractivity (Wildman–Crippen MR) is 109 cm³/mol. The van der Waals surface area contributed by atoms with Gasteiger partial charge in [0.05, 0.1) is 26.9 Å². The number of hydrogen-bond acceptors (Lipinski definition) is 4. The summed E-state index contributed by atoms with van der Waals surface area (Å²) in [5.41, 5.74) is -0.0578.